The van der Waals surface area contributed by atoms with E-state index in [0.29, 0.717) is 6.04 Å². The summed E-state index contributed by atoms with van der Waals surface area (Å²) in [6.45, 7) is 7.01. The molecule has 1 atom stereocenters. The van der Waals surface area contributed by atoms with Crippen LogP contribution < -0.4 is 5.32 Å². The fourth-order valence-corrected chi connectivity index (χ4v) is 2.69. The third kappa shape index (κ3) is 3.57. The van der Waals surface area contributed by atoms with Crippen LogP contribution in [0.25, 0.3) is 0 Å². The molecule has 0 bridgehead atoms. The van der Waals surface area contributed by atoms with Gasteiger partial charge in [-0.15, -0.1) is 0 Å². The number of hydrogen-bond acceptors (Lipinski definition) is 2. The number of hydrogen-bond donors (Lipinski definition) is 1. The van der Waals surface area contributed by atoms with Crippen LogP contribution in [-0.2, 0) is 6.42 Å². The molecule has 0 radical (unpaired) electrons. The maximum atomic E-state index is 12.5. The van der Waals surface area contributed by atoms with Crippen LogP contribution in [0.3, 0.4) is 0 Å². The van der Waals surface area contributed by atoms with Crippen molar-refractivity contribution in [2.75, 3.05) is 19.6 Å². The smallest absolute Gasteiger partial charge is 0.254 e. The summed E-state index contributed by atoms with van der Waals surface area (Å²) < 4.78 is 0. The molecule has 1 aliphatic rings. The summed E-state index contributed by atoms with van der Waals surface area (Å²) >= 11 is 0. The third-order valence-electron chi connectivity index (χ3n) is 3.79. The van der Waals surface area contributed by atoms with Gasteiger partial charge in [0.25, 0.3) is 5.91 Å². The lowest BCUT2D eigenvalue weighted by atomic mass is 10.0. The Morgan fingerprint density at radius 1 is 1.37 bits per heavy atom. The molecular weight excluding hydrogens is 236 g/mol. The van der Waals surface area contributed by atoms with E-state index in [4.69, 9.17) is 0 Å². The van der Waals surface area contributed by atoms with E-state index in [9.17, 15) is 4.79 Å². The van der Waals surface area contributed by atoms with E-state index in [1.807, 2.05) is 23.1 Å². The molecular formula is C16H24N2O. The van der Waals surface area contributed by atoms with E-state index in [1.165, 1.54) is 5.56 Å². The number of aryl methyl sites for hydroxylation is 1. The average Bonchev–Trinajstić information content (AvgIpc) is 2.57. The Labute approximate surface area is 116 Å². The number of nitrogens with zero attached hydrogens (tertiary/aromatic N) is 1. The summed E-state index contributed by atoms with van der Waals surface area (Å²) in [5.41, 5.74) is 2.10. The zero-order valence-electron chi connectivity index (χ0n) is 12.0. The second kappa shape index (κ2) is 6.71. The van der Waals surface area contributed by atoms with E-state index < -0.39 is 0 Å². The molecule has 1 amide bonds. The fourth-order valence-electron chi connectivity index (χ4n) is 2.69. The van der Waals surface area contributed by atoms with Gasteiger partial charge in [-0.2, -0.15) is 0 Å². The van der Waals surface area contributed by atoms with Gasteiger partial charge in [0.1, 0.15) is 0 Å². The molecule has 3 heteroatoms. The Hall–Kier alpha value is -1.35. The summed E-state index contributed by atoms with van der Waals surface area (Å²) in [6, 6.07) is 8.49. The van der Waals surface area contributed by atoms with E-state index in [-0.39, 0.29) is 5.91 Å². The van der Waals surface area contributed by atoms with Crippen molar-refractivity contribution in [1.29, 1.82) is 0 Å². The highest BCUT2D eigenvalue weighted by Gasteiger charge is 2.21. The molecule has 1 unspecified atom stereocenters. The second-order valence-corrected chi connectivity index (χ2v) is 5.30. The summed E-state index contributed by atoms with van der Waals surface area (Å²) in [5, 5.41) is 3.40. The van der Waals surface area contributed by atoms with Crippen LogP contribution in [0.5, 0.6) is 0 Å². The number of benzene rings is 1. The van der Waals surface area contributed by atoms with E-state index in [0.717, 1.165) is 44.5 Å². The molecule has 1 aromatic rings. The number of rotatable bonds is 5. The molecule has 0 aromatic heterocycles. The van der Waals surface area contributed by atoms with Crippen molar-refractivity contribution >= 4 is 5.91 Å². The van der Waals surface area contributed by atoms with Crippen LogP contribution >= 0.6 is 0 Å². The normalized spacial score (nSPS) is 16.9. The van der Waals surface area contributed by atoms with Crippen molar-refractivity contribution < 1.29 is 4.79 Å². The van der Waals surface area contributed by atoms with Crippen LogP contribution in [0.4, 0.5) is 0 Å². The summed E-state index contributed by atoms with van der Waals surface area (Å²) in [6.07, 6.45) is 3.10. The Kier molecular flexibility index (Phi) is 4.97. The SMILES string of the molecule is CCNC(C)CCN1CCCc2ccccc2C1=O. The van der Waals surface area contributed by atoms with Gasteiger partial charge < -0.3 is 10.2 Å². The van der Waals surface area contributed by atoms with Crippen molar-refractivity contribution in [3.63, 3.8) is 0 Å². The number of fused-ring (bicyclic) bond motifs is 1. The summed E-state index contributed by atoms with van der Waals surface area (Å²) in [4.78, 5) is 14.5. The summed E-state index contributed by atoms with van der Waals surface area (Å²) in [7, 11) is 0. The predicted octanol–water partition coefficient (Wildman–Crippen LogP) is 2.46. The van der Waals surface area contributed by atoms with Crippen molar-refractivity contribution in [3.8, 4) is 0 Å². The highest BCUT2D eigenvalue weighted by molar-refractivity contribution is 5.96. The molecule has 1 aliphatic heterocycles. The number of amides is 1. The molecule has 3 nitrogen and oxygen atoms in total. The Balaban J connectivity index is 2.01. The molecule has 0 fully saturated rings. The van der Waals surface area contributed by atoms with Crippen molar-refractivity contribution in [1.82, 2.24) is 10.2 Å². The maximum Gasteiger partial charge on any atom is 0.254 e. The molecule has 0 spiro atoms. The maximum absolute atomic E-state index is 12.5. The van der Waals surface area contributed by atoms with Crippen LogP contribution in [0, 0.1) is 0 Å². The highest BCUT2D eigenvalue weighted by atomic mass is 16.2. The van der Waals surface area contributed by atoms with Crippen molar-refractivity contribution in [3.05, 3.63) is 35.4 Å². The lowest BCUT2D eigenvalue weighted by molar-refractivity contribution is 0.0755. The van der Waals surface area contributed by atoms with Gasteiger partial charge in [0.2, 0.25) is 0 Å². The number of nitrogens with one attached hydrogen (secondary N) is 1. The van der Waals surface area contributed by atoms with Gasteiger partial charge in [0.15, 0.2) is 0 Å². The second-order valence-electron chi connectivity index (χ2n) is 5.30. The van der Waals surface area contributed by atoms with Crippen LogP contribution in [-0.4, -0.2) is 36.5 Å². The Bertz CT molecular complexity index is 431. The van der Waals surface area contributed by atoms with Gasteiger partial charge in [-0.3, -0.25) is 4.79 Å². The lowest BCUT2D eigenvalue weighted by Gasteiger charge is -2.23. The molecule has 2 rings (SSSR count). The number of carbonyl (C=O) groups excluding carboxylic acids is 1. The van der Waals surface area contributed by atoms with Crippen LogP contribution in [0.1, 0.15) is 42.6 Å². The Morgan fingerprint density at radius 2 is 2.16 bits per heavy atom. The van der Waals surface area contributed by atoms with Crippen LogP contribution in [0.15, 0.2) is 24.3 Å². The van der Waals surface area contributed by atoms with Crippen molar-refractivity contribution in [2.45, 2.75) is 39.2 Å². The quantitative estimate of drug-likeness (QED) is 0.882. The first-order valence-corrected chi connectivity index (χ1v) is 7.33. The minimum absolute atomic E-state index is 0.205. The van der Waals surface area contributed by atoms with E-state index in [2.05, 4.69) is 25.2 Å². The van der Waals surface area contributed by atoms with Crippen molar-refractivity contribution in [2.24, 2.45) is 0 Å². The van der Waals surface area contributed by atoms with E-state index >= 15 is 0 Å². The Morgan fingerprint density at radius 3 is 2.95 bits per heavy atom. The fraction of sp³-hybridized carbons (Fsp3) is 0.562. The zero-order chi connectivity index (χ0) is 13.7. The largest absolute Gasteiger partial charge is 0.339 e. The molecule has 1 heterocycles. The topological polar surface area (TPSA) is 32.3 Å². The minimum Gasteiger partial charge on any atom is -0.339 e. The zero-order valence-corrected chi connectivity index (χ0v) is 12.0. The lowest BCUT2D eigenvalue weighted by Crippen LogP contribution is -2.36. The molecule has 0 saturated carbocycles. The predicted molar refractivity (Wildman–Crippen MR) is 78.4 cm³/mol. The standard InChI is InChI=1S/C16H24N2O/c1-3-17-13(2)10-12-18-11-6-8-14-7-4-5-9-15(14)16(18)19/h4-5,7,9,13,17H,3,6,8,10-12H2,1-2H3. The monoisotopic (exact) mass is 260 g/mol. The van der Waals surface area contributed by atoms with E-state index in [1.54, 1.807) is 0 Å². The first kappa shape index (κ1) is 14.1. The van der Waals surface area contributed by atoms with Gasteiger partial charge in [0.05, 0.1) is 0 Å². The average molecular weight is 260 g/mol. The molecule has 1 aromatic carbocycles. The molecule has 104 valence electrons. The first-order valence-electron chi connectivity index (χ1n) is 7.33. The van der Waals surface area contributed by atoms with Crippen LogP contribution in [0.2, 0.25) is 0 Å². The molecule has 0 aliphatic carbocycles. The molecule has 19 heavy (non-hydrogen) atoms. The van der Waals surface area contributed by atoms with Gasteiger partial charge in [0, 0.05) is 24.7 Å². The number of carbonyl (C=O) groups is 1. The molecule has 0 saturated heterocycles. The van der Waals surface area contributed by atoms with Gasteiger partial charge in [-0.05, 0) is 44.4 Å². The highest BCUT2D eigenvalue weighted by Crippen LogP contribution is 2.18. The van der Waals surface area contributed by atoms with Gasteiger partial charge >= 0.3 is 0 Å². The third-order valence-corrected chi connectivity index (χ3v) is 3.79. The summed E-state index contributed by atoms with van der Waals surface area (Å²) in [5.74, 6) is 0.205. The minimum atomic E-state index is 0.205. The van der Waals surface area contributed by atoms with Gasteiger partial charge in [-0.25, -0.2) is 0 Å². The first-order chi connectivity index (χ1) is 9.22. The molecule has 1 N–H and O–H groups in total. The van der Waals surface area contributed by atoms with Gasteiger partial charge in [-0.1, -0.05) is 25.1 Å².